The van der Waals surface area contributed by atoms with E-state index in [4.69, 9.17) is 4.42 Å². The number of nitrogens with zero attached hydrogens (tertiary/aromatic N) is 2. The quantitative estimate of drug-likeness (QED) is 0.728. The van der Waals surface area contributed by atoms with Crippen molar-refractivity contribution < 1.29 is 14.0 Å². The number of carbonyl (C=O) groups excluding carboxylic acids is 2. The average molecular weight is 349 g/mol. The second-order valence-electron chi connectivity index (χ2n) is 6.44. The molecule has 1 aliphatic rings. The van der Waals surface area contributed by atoms with Crippen molar-refractivity contribution in [2.24, 2.45) is 0 Å². The number of aromatic nitrogens is 1. The maximum Gasteiger partial charge on any atom is 0.299 e. The maximum atomic E-state index is 12.7. The summed E-state index contributed by atoms with van der Waals surface area (Å²) in [7, 11) is 0. The third-order valence-corrected chi connectivity index (χ3v) is 4.64. The van der Waals surface area contributed by atoms with Crippen molar-refractivity contribution in [3.63, 3.8) is 0 Å². The Bertz CT molecular complexity index is 929. The number of ketones is 1. The lowest BCUT2D eigenvalue weighted by atomic mass is 10.1. The van der Waals surface area contributed by atoms with E-state index in [2.05, 4.69) is 10.3 Å². The standard InChI is InChI=1S/C20H19N3O3/c1-13(24)14-8-10-15(11-9-14)21-19(25)17-6-4-12-23(17)20-22-16-5-2-3-7-18(16)26-20/h2-3,5,7-11,17H,4,6,12H2,1H3,(H,21,25)/t17-/m1/s1. The molecule has 1 atom stereocenters. The van der Waals surface area contributed by atoms with Crippen molar-refractivity contribution in [2.75, 3.05) is 16.8 Å². The third kappa shape index (κ3) is 3.06. The van der Waals surface area contributed by atoms with Gasteiger partial charge >= 0.3 is 0 Å². The summed E-state index contributed by atoms with van der Waals surface area (Å²) >= 11 is 0. The van der Waals surface area contributed by atoms with Crippen LogP contribution in [-0.4, -0.2) is 29.3 Å². The van der Waals surface area contributed by atoms with E-state index in [0.29, 0.717) is 22.8 Å². The number of nitrogens with one attached hydrogen (secondary N) is 1. The number of anilines is 2. The summed E-state index contributed by atoms with van der Waals surface area (Å²) in [5.41, 5.74) is 2.79. The Kier molecular flexibility index (Phi) is 4.16. The Morgan fingerprint density at radius 1 is 1.15 bits per heavy atom. The first-order chi connectivity index (χ1) is 12.6. The molecule has 1 amide bonds. The molecule has 1 aromatic heterocycles. The van der Waals surface area contributed by atoms with Gasteiger partial charge in [0.15, 0.2) is 11.4 Å². The molecule has 0 aliphatic carbocycles. The number of rotatable bonds is 4. The van der Waals surface area contributed by atoms with Crippen molar-refractivity contribution in [1.82, 2.24) is 4.98 Å². The molecule has 0 unspecified atom stereocenters. The van der Waals surface area contributed by atoms with Gasteiger partial charge in [-0.25, -0.2) is 0 Å². The number of hydrogen-bond acceptors (Lipinski definition) is 5. The molecular weight excluding hydrogens is 330 g/mol. The minimum atomic E-state index is -0.324. The topological polar surface area (TPSA) is 75.4 Å². The molecule has 26 heavy (non-hydrogen) atoms. The minimum absolute atomic E-state index is 0.000745. The van der Waals surface area contributed by atoms with E-state index >= 15 is 0 Å². The number of benzene rings is 2. The number of hydrogen-bond donors (Lipinski definition) is 1. The number of fused-ring (bicyclic) bond motifs is 1. The van der Waals surface area contributed by atoms with Gasteiger partial charge in [0.1, 0.15) is 11.6 Å². The van der Waals surface area contributed by atoms with E-state index in [1.165, 1.54) is 6.92 Å². The zero-order valence-corrected chi connectivity index (χ0v) is 14.4. The van der Waals surface area contributed by atoms with Crippen LogP contribution in [-0.2, 0) is 4.79 Å². The first-order valence-electron chi connectivity index (χ1n) is 8.66. The largest absolute Gasteiger partial charge is 0.423 e. The Morgan fingerprint density at radius 2 is 1.92 bits per heavy atom. The molecule has 6 heteroatoms. The van der Waals surface area contributed by atoms with Gasteiger partial charge in [-0.1, -0.05) is 12.1 Å². The van der Waals surface area contributed by atoms with Gasteiger partial charge in [-0.2, -0.15) is 4.98 Å². The Balaban J connectivity index is 1.52. The molecule has 0 radical (unpaired) electrons. The Hall–Kier alpha value is -3.15. The van der Waals surface area contributed by atoms with Crippen LogP contribution in [0.25, 0.3) is 11.1 Å². The van der Waals surface area contributed by atoms with Crippen molar-refractivity contribution in [3.8, 4) is 0 Å². The molecule has 6 nitrogen and oxygen atoms in total. The van der Waals surface area contributed by atoms with E-state index < -0.39 is 0 Å². The minimum Gasteiger partial charge on any atom is -0.423 e. The van der Waals surface area contributed by atoms with Crippen LogP contribution in [0, 0.1) is 0 Å². The van der Waals surface area contributed by atoms with Crippen molar-refractivity contribution in [1.29, 1.82) is 0 Å². The van der Waals surface area contributed by atoms with Crippen LogP contribution in [0.15, 0.2) is 52.9 Å². The predicted octanol–water partition coefficient (Wildman–Crippen LogP) is 3.64. The van der Waals surface area contributed by atoms with Crippen LogP contribution in [0.5, 0.6) is 0 Å². The molecule has 1 N–H and O–H groups in total. The molecule has 1 fully saturated rings. The van der Waals surface area contributed by atoms with Gasteiger partial charge in [-0.3, -0.25) is 9.59 Å². The van der Waals surface area contributed by atoms with Gasteiger partial charge in [-0.15, -0.1) is 0 Å². The van der Waals surface area contributed by atoms with Crippen LogP contribution in [0.3, 0.4) is 0 Å². The average Bonchev–Trinajstić information content (AvgIpc) is 3.28. The summed E-state index contributed by atoms with van der Waals surface area (Å²) in [6.45, 7) is 2.25. The van der Waals surface area contributed by atoms with Crippen LogP contribution in [0.2, 0.25) is 0 Å². The Morgan fingerprint density at radius 3 is 2.65 bits per heavy atom. The maximum absolute atomic E-state index is 12.7. The molecule has 3 aromatic rings. The summed E-state index contributed by atoms with van der Waals surface area (Å²) in [5, 5.41) is 2.92. The van der Waals surface area contributed by atoms with E-state index in [1.807, 2.05) is 29.2 Å². The fourth-order valence-electron chi connectivity index (χ4n) is 3.26. The molecule has 1 aliphatic heterocycles. The van der Waals surface area contributed by atoms with Gasteiger partial charge in [0.25, 0.3) is 6.01 Å². The first-order valence-corrected chi connectivity index (χ1v) is 8.66. The lowest BCUT2D eigenvalue weighted by Crippen LogP contribution is -2.39. The van der Waals surface area contributed by atoms with E-state index in [-0.39, 0.29) is 17.7 Å². The SMILES string of the molecule is CC(=O)c1ccc(NC(=O)[C@H]2CCCN2c2nc3ccccc3o2)cc1. The second kappa shape index (κ2) is 6.63. The smallest absolute Gasteiger partial charge is 0.299 e. The van der Waals surface area contributed by atoms with Gasteiger partial charge in [0.2, 0.25) is 5.91 Å². The highest BCUT2D eigenvalue weighted by Gasteiger charge is 2.33. The summed E-state index contributed by atoms with van der Waals surface area (Å²) in [6, 6.07) is 14.6. The lowest BCUT2D eigenvalue weighted by Gasteiger charge is -2.22. The van der Waals surface area contributed by atoms with E-state index in [0.717, 1.165) is 24.9 Å². The second-order valence-corrected chi connectivity index (χ2v) is 6.44. The third-order valence-electron chi connectivity index (χ3n) is 4.64. The molecule has 132 valence electrons. The zero-order chi connectivity index (χ0) is 18.1. The van der Waals surface area contributed by atoms with E-state index in [9.17, 15) is 9.59 Å². The fraction of sp³-hybridized carbons (Fsp3) is 0.250. The first kappa shape index (κ1) is 16.3. The molecular formula is C20H19N3O3. The summed E-state index contributed by atoms with van der Waals surface area (Å²) < 4.78 is 5.82. The van der Waals surface area contributed by atoms with Crippen LogP contribution >= 0.6 is 0 Å². The number of para-hydroxylation sites is 2. The summed E-state index contributed by atoms with van der Waals surface area (Å²) in [4.78, 5) is 30.5. The number of carbonyl (C=O) groups is 2. The summed E-state index contributed by atoms with van der Waals surface area (Å²) in [6.07, 6.45) is 1.65. The normalized spacial score (nSPS) is 16.8. The monoisotopic (exact) mass is 349 g/mol. The van der Waals surface area contributed by atoms with Crippen LogP contribution < -0.4 is 10.2 Å². The van der Waals surface area contributed by atoms with Crippen LogP contribution in [0.1, 0.15) is 30.1 Å². The van der Waals surface area contributed by atoms with Gasteiger partial charge in [0, 0.05) is 17.8 Å². The number of oxazole rings is 1. The lowest BCUT2D eigenvalue weighted by molar-refractivity contribution is -0.117. The highest BCUT2D eigenvalue weighted by molar-refractivity contribution is 5.98. The molecule has 4 rings (SSSR count). The highest BCUT2D eigenvalue weighted by Crippen LogP contribution is 2.29. The van der Waals surface area contributed by atoms with Gasteiger partial charge in [-0.05, 0) is 56.2 Å². The molecule has 0 bridgehead atoms. The Labute approximate surface area is 150 Å². The van der Waals surface area contributed by atoms with Gasteiger partial charge < -0.3 is 14.6 Å². The highest BCUT2D eigenvalue weighted by atomic mass is 16.4. The van der Waals surface area contributed by atoms with E-state index in [1.54, 1.807) is 24.3 Å². The molecule has 2 heterocycles. The molecule has 0 saturated carbocycles. The fourth-order valence-corrected chi connectivity index (χ4v) is 3.26. The van der Waals surface area contributed by atoms with Crippen LogP contribution in [0.4, 0.5) is 11.7 Å². The van der Waals surface area contributed by atoms with Gasteiger partial charge in [0.05, 0.1) is 0 Å². The van der Waals surface area contributed by atoms with Crippen molar-refractivity contribution >= 4 is 34.5 Å². The molecule has 2 aromatic carbocycles. The summed E-state index contributed by atoms with van der Waals surface area (Å²) in [5.74, 6) is -0.0962. The van der Waals surface area contributed by atoms with Crippen molar-refractivity contribution in [2.45, 2.75) is 25.8 Å². The number of amides is 1. The van der Waals surface area contributed by atoms with Crippen molar-refractivity contribution in [3.05, 3.63) is 54.1 Å². The predicted molar refractivity (Wildman–Crippen MR) is 99.5 cm³/mol. The molecule has 1 saturated heterocycles. The molecule has 0 spiro atoms. The zero-order valence-electron chi connectivity index (χ0n) is 14.4. The number of Topliss-reactive ketones (excluding diaryl/α,β-unsaturated/α-hetero) is 1.